The third kappa shape index (κ3) is 6.64. The van der Waals surface area contributed by atoms with E-state index < -0.39 is 0 Å². The summed E-state index contributed by atoms with van der Waals surface area (Å²) in [5.41, 5.74) is 13.3. The minimum absolute atomic E-state index is 0.328. The highest BCUT2D eigenvalue weighted by molar-refractivity contribution is 5.86. The number of nitrogens with zero attached hydrogens (tertiary/aromatic N) is 7. The lowest BCUT2D eigenvalue weighted by molar-refractivity contribution is 0.865. The predicted octanol–water partition coefficient (Wildman–Crippen LogP) is 13.1. The lowest BCUT2D eigenvalue weighted by Gasteiger charge is -2.16. The first kappa shape index (κ1) is 36.8. The van der Waals surface area contributed by atoms with Gasteiger partial charge in [-0.2, -0.15) is 0 Å². The zero-order chi connectivity index (χ0) is 40.7. The topological polar surface area (TPSA) is 74.3 Å². The summed E-state index contributed by atoms with van der Waals surface area (Å²) in [5.74, 6) is 4.23. The molecule has 7 aromatic carbocycles. The van der Waals surface area contributed by atoms with Gasteiger partial charge in [-0.3, -0.25) is 9.13 Å². The molecule has 0 radical (unpaired) electrons. The van der Waals surface area contributed by atoms with E-state index in [-0.39, 0.29) is 0 Å². The summed E-state index contributed by atoms with van der Waals surface area (Å²) in [7, 11) is 0. The lowest BCUT2D eigenvalue weighted by Crippen LogP contribution is -2.03. The van der Waals surface area contributed by atoms with Crippen LogP contribution in [0.25, 0.3) is 90.4 Å². The van der Waals surface area contributed by atoms with Crippen molar-refractivity contribution in [3.63, 3.8) is 0 Å². The molecule has 0 unspecified atom stereocenters. The van der Waals surface area contributed by atoms with E-state index in [1.807, 2.05) is 42.5 Å². The standard InChI is InChI=1S/C53H43N7/c1-34(2)41-24-8-10-26-43(41)52-54-45-28-12-14-30-47(45)59(52)39-22-16-20-37(32-39)50-56-49(36-18-6-5-7-19-36)57-51(58-50)38-21-17-23-40(33-38)60-48-31-15-13-29-46(48)55-53(60)44-27-11-9-25-42(44)35(3)4/h5-35H,1-4H3. The highest BCUT2D eigenvalue weighted by Crippen LogP contribution is 2.37. The molecule has 0 bridgehead atoms. The first-order valence-electron chi connectivity index (χ1n) is 20.6. The molecule has 0 saturated heterocycles. The van der Waals surface area contributed by atoms with Gasteiger partial charge in [-0.05, 0) is 71.5 Å². The number of imidazole rings is 2. The van der Waals surface area contributed by atoms with Crippen molar-refractivity contribution in [3.05, 3.63) is 187 Å². The second kappa shape index (κ2) is 15.3. The van der Waals surface area contributed by atoms with Crippen LogP contribution in [0.15, 0.2) is 176 Å². The Morgan fingerprint density at radius 3 is 1.20 bits per heavy atom. The smallest absolute Gasteiger partial charge is 0.164 e. The molecule has 0 amide bonds. The number of benzene rings is 7. The van der Waals surface area contributed by atoms with Crippen molar-refractivity contribution < 1.29 is 0 Å². The van der Waals surface area contributed by atoms with Gasteiger partial charge in [0, 0.05) is 39.2 Å². The zero-order valence-corrected chi connectivity index (χ0v) is 34.0. The number of hydrogen-bond donors (Lipinski definition) is 0. The molecule has 3 heterocycles. The largest absolute Gasteiger partial charge is 0.292 e. The van der Waals surface area contributed by atoms with Crippen molar-refractivity contribution >= 4 is 22.1 Å². The fourth-order valence-corrected chi connectivity index (χ4v) is 8.26. The summed E-state index contributed by atoms with van der Waals surface area (Å²) >= 11 is 0. The molecule has 0 aliphatic heterocycles. The van der Waals surface area contributed by atoms with Crippen LogP contribution in [0.4, 0.5) is 0 Å². The summed E-state index contributed by atoms with van der Waals surface area (Å²) in [4.78, 5) is 25.9. The van der Waals surface area contributed by atoms with Crippen LogP contribution in [-0.4, -0.2) is 34.1 Å². The fraction of sp³-hybridized carbons (Fsp3) is 0.113. The molecule has 3 aromatic heterocycles. The molecule has 0 aliphatic carbocycles. The van der Waals surface area contributed by atoms with Crippen LogP contribution in [0.5, 0.6) is 0 Å². The molecule has 0 aliphatic rings. The van der Waals surface area contributed by atoms with Crippen molar-refractivity contribution in [3.8, 4) is 68.3 Å². The molecule has 10 aromatic rings. The predicted molar refractivity (Wildman–Crippen MR) is 244 cm³/mol. The van der Waals surface area contributed by atoms with Gasteiger partial charge in [0.25, 0.3) is 0 Å². The minimum Gasteiger partial charge on any atom is -0.292 e. The monoisotopic (exact) mass is 777 g/mol. The molecule has 0 atom stereocenters. The molecule has 0 fully saturated rings. The Labute approximate surface area is 349 Å². The lowest BCUT2D eigenvalue weighted by atomic mass is 9.97. The third-order valence-electron chi connectivity index (χ3n) is 11.2. The average Bonchev–Trinajstić information content (AvgIpc) is 3.89. The molecule has 290 valence electrons. The fourth-order valence-electron chi connectivity index (χ4n) is 8.26. The second-order valence-corrected chi connectivity index (χ2v) is 15.8. The Morgan fingerprint density at radius 2 is 0.733 bits per heavy atom. The maximum absolute atomic E-state index is 5.23. The van der Waals surface area contributed by atoms with E-state index in [0.717, 1.165) is 72.9 Å². The Hall–Kier alpha value is -7.51. The Bertz CT molecular complexity index is 2980. The highest BCUT2D eigenvalue weighted by atomic mass is 15.1. The van der Waals surface area contributed by atoms with Crippen LogP contribution in [0.2, 0.25) is 0 Å². The van der Waals surface area contributed by atoms with Gasteiger partial charge >= 0.3 is 0 Å². The SMILES string of the molecule is CC(C)c1ccccc1-c1nc2ccccc2n1-c1cccc(-c2nc(-c3ccccc3)nc(-c3cccc(-n4c(-c5ccccc5C(C)C)nc5ccccc54)c3)n2)c1. The van der Waals surface area contributed by atoms with E-state index in [1.165, 1.54) is 11.1 Å². The van der Waals surface area contributed by atoms with Crippen molar-refractivity contribution in [2.24, 2.45) is 0 Å². The number of fused-ring (bicyclic) bond motifs is 2. The van der Waals surface area contributed by atoms with Crippen molar-refractivity contribution in [1.82, 2.24) is 34.1 Å². The van der Waals surface area contributed by atoms with E-state index in [2.05, 4.69) is 170 Å². The maximum atomic E-state index is 5.23. The van der Waals surface area contributed by atoms with E-state index in [9.17, 15) is 0 Å². The summed E-state index contributed by atoms with van der Waals surface area (Å²) in [6.45, 7) is 8.92. The van der Waals surface area contributed by atoms with Gasteiger partial charge in [-0.15, -0.1) is 0 Å². The first-order valence-corrected chi connectivity index (χ1v) is 20.6. The first-order chi connectivity index (χ1) is 29.4. The number of hydrogen-bond acceptors (Lipinski definition) is 5. The van der Waals surface area contributed by atoms with Crippen molar-refractivity contribution in [2.75, 3.05) is 0 Å². The van der Waals surface area contributed by atoms with Gasteiger partial charge in [0.1, 0.15) is 11.6 Å². The second-order valence-electron chi connectivity index (χ2n) is 15.8. The molecule has 7 heteroatoms. The van der Waals surface area contributed by atoms with Crippen LogP contribution in [0.1, 0.15) is 50.7 Å². The van der Waals surface area contributed by atoms with Crippen LogP contribution >= 0.6 is 0 Å². The van der Waals surface area contributed by atoms with Crippen LogP contribution in [-0.2, 0) is 0 Å². The molecule has 60 heavy (non-hydrogen) atoms. The summed E-state index contributed by atoms with van der Waals surface area (Å²) in [6.07, 6.45) is 0. The van der Waals surface area contributed by atoms with E-state index in [4.69, 9.17) is 24.9 Å². The van der Waals surface area contributed by atoms with Gasteiger partial charge < -0.3 is 0 Å². The molecule has 0 spiro atoms. The van der Waals surface area contributed by atoms with E-state index in [0.29, 0.717) is 29.3 Å². The van der Waals surface area contributed by atoms with Gasteiger partial charge in [-0.25, -0.2) is 24.9 Å². The Morgan fingerprint density at radius 1 is 0.350 bits per heavy atom. The minimum atomic E-state index is 0.328. The maximum Gasteiger partial charge on any atom is 0.164 e. The van der Waals surface area contributed by atoms with Crippen molar-refractivity contribution in [2.45, 2.75) is 39.5 Å². The summed E-state index contributed by atoms with van der Waals surface area (Å²) in [5, 5.41) is 0. The Kier molecular flexibility index (Phi) is 9.41. The summed E-state index contributed by atoms with van der Waals surface area (Å²) in [6, 6.07) is 60.8. The van der Waals surface area contributed by atoms with Gasteiger partial charge in [-0.1, -0.05) is 155 Å². The molecule has 0 saturated carbocycles. The van der Waals surface area contributed by atoms with Crippen LogP contribution in [0.3, 0.4) is 0 Å². The normalized spacial score (nSPS) is 11.6. The number of aromatic nitrogens is 7. The molecule has 7 nitrogen and oxygen atoms in total. The third-order valence-corrected chi connectivity index (χ3v) is 11.2. The Balaban J connectivity index is 1.14. The van der Waals surface area contributed by atoms with Gasteiger partial charge in [0.15, 0.2) is 17.5 Å². The zero-order valence-electron chi connectivity index (χ0n) is 34.0. The molecular weight excluding hydrogens is 735 g/mol. The number of para-hydroxylation sites is 4. The average molecular weight is 778 g/mol. The van der Waals surface area contributed by atoms with Gasteiger partial charge in [0.2, 0.25) is 0 Å². The highest BCUT2D eigenvalue weighted by Gasteiger charge is 2.21. The van der Waals surface area contributed by atoms with Gasteiger partial charge in [0.05, 0.1) is 22.1 Å². The number of rotatable bonds is 9. The van der Waals surface area contributed by atoms with Crippen LogP contribution in [0, 0.1) is 0 Å². The molecule has 10 rings (SSSR count). The quantitative estimate of drug-likeness (QED) is 0.146. The van der Waals surface area contributed by atoms with Crippen molar-refractivity contribution in [1.29, 1.82) is 0 Å². The summed E-state index contributed by atoms with van der Waals surface area (Å²) < 4.78 is 4.52. The van der Waals surface area contributed by atoms with E-state index in [1.54, 1.807) is 0 Å². The molecular formula is C53H43N7. The molecule has 0 N–H and O–H groups in total. The van der Waals surface area contributed by atoms with E-state index >= 15 is 0 Å². The van der Waals surface area contributed by atoms with Crippen LogP contribution < -0.4 is 0 Å².